The minimum absolute atomic E-state index is 0.212. The smallest absolute Gasteiger partial charge is 0.226 e. The fourth-order valence-corrected chi connectivity index (χ4v) is 1.25. The molecule has 90 valence electrons. The van der Waals surface area contributed by atoms with Crippen LogP contribution in [0.25, 0.3) is 0 Å². The number of aromatic nitrogens is 2. The van der Waals surface area contributed by atoms with Gasteiger partial charge in [-0.25, -0.2) is 4.98 Å². The van der Waals surface area contributed by atoms with Gasteiger partial charge in [-0.3, -0.25) is 0 Å². The third-order valence-corrected chi connectivity index (χ3v) is 3.54. The molecular formula is C11H20N4S. The predicted molar refractivity (Wildman–Crippen MR) is 72.4 cm³/mol. The van der Waals surface area contributed by atoms with Gasteiger partial charge in [0.15, 0.2) is 0 Å². The first-order valence-corrected chi connectivity index (χ1v) is 6.46. The molecule has 0 fully saturated rings. The van der Waals surface area contributed by atoms with E-state index in [1.807, 2.05) is 36.8 Å². The zero-order valence-corrected chi connectivity index (χ0v) is 11.4. The molecule has 0 atom stereocenters. The van der Waals surface area contributed by atoms with Gasteiger partial charge in [0.05, 0.1) is 0 Å². The highest BCUT2D eigenvalue weighted by Crippen LogP contribution is 2.21. The maximum atomic E-state index is 4.40. The fourth-order valence-electron chi connectivity index (χ4n) is 1.04. The van der Waals surface area contributed by atoms with Crippen molar-refractivity contribution in [1.29, 1.82) is 0 Å². The van der Waals surface area contributed by atoms with E-state index >= 15 is 0 Å². The van der Waals surface area contributed by atoms with Crippen LogP contribution >= 0.6 is 11.8 Å². The van der Waals surface area contributed by atoms with Crippen LogP contribution in [0.5, 0.6) is 0 Å². The topological polar surface area (TPSA) is 41.1 Å². The molecule has 1 rings (SSSR count). The minimum Gasteiger partial charge on any atom is -0.369 e. The first kappa shape index (κ1) is 13.1. The molecule has 0 bridgehead atoms. The van der Waals surface area contributed by atoms with E-state index in [1.165, 1.54) is 0 Å². The highest BCUT2D eigenvalue weighted by atomic mass is 32.2. The number of hydrogen-bond acceptors (Lipinski definition) is 5. The molecule has 0 amide bonds. The summed E-state index contributed by atoms with van der Waals surface area (Å²) in [7, 11) is 3.87. The predicted octanol–water partition coefficient (Wildman–Crippen LogP) is 2.10. The van der Waals surface area contributed by atoms with Crippen molar-refractivity contribution < 1.29 is 0 Å². The second-order valence-corrected chi connectivity index (χ2v) is 5.97. The molecular weight excluding hydrogens is 220 g/mol. The monoisotopic (exact) mass is 240 g/mol. The summed E-state index contributed by atoms with van der Waals surface area (Å²) in [5.74, 6) is 1.60. The van der Waals surface area contributed by atoms with Crippen LogP contribution in [0.4, 0.5) is 11.8 Å². The van der Waals surface area contributed by atoms with Crippen molar-refractivity contribution >= 4 is 23.5 Å². The Balaban J connectivity index is 2.64. The molecule has 0 aromatic carbocycles. The lowest BCUT2D eigenvalue weighted by atomic mass is 10.2. The molecule has 0 radical (unpaired) electrons. The molecule has 0 saturated heterocycles. The first-order valence-electron chi connectivity index (χ1n) is 5.24. The molecule has 4 nitrogen and oxygen atoms in total. The SMILES string of the molecule is CSC(C)(C)CNc1ccnc(N(C)C)n1. The number of nitrogens with zero attached hydrogens (tertiary/aromatic N) is 3. The Morgan fingerprint density at radius 3 is 2.69 bits per heavy atom. The highest BCUT2D eigenvalue weighted by molar-refractivity contribution is 7.99. The summed E-state index contributed by atoms with van der Waals surface area (Å²) >= 11 is 1.84. The van der Waals surface area contributed by atoms with Crippen LogP contribution in [0.2, 0.25) is 0 Å². The Labute approximate surface area is 102 Å². The molecule has 0 saturated carbocycles. The lowest BCUT2D eigenvalue weighted by Gasteiger charge is -2.22. The molecule has 0 unspecified atom stereocenters. The Bertz CT molecular complexity index is 339. The van der Waals surface area contributed by atoms with Crippen molar-refractivity contribution in [2.75, 3.05) is 37.1 Å². The van der Waals surface area contributed by atoms with E-state index in [1.54, 1.807) is 6.20 Å². The lowest BCUT2D eigenvalue weighted by molar-refractivity contribution is 0.749. The van der Waals surface area contributed by atoms with Crippen molar-refractivity contribution in [3.8, 4) is 0 Å². The molecule has 0 aliphatic rings. The summed E-state index contributed by atoms with van der Waals surface area (Å²) in [6.07, 6.45) is 3.89. The van der Waals surface area contributed by atoms with Crippen LogP contribution in [0.15, 0.2) is 12.3 Å². The van der Waals surface area contributed by atoms with Crippen LogP contribution < -0.4 is 10.2 Å². The summed E-state index contributed by atoms with van der Waals surface area (Å²) < 4.78 is 0.212. The largest absolute Gasteiger partial charge is 0.369 e. The zero-order chi connectivity index (χ0) is 12.2. The normalized spacial score (nSPS) is 11.3. The Morgan fingerprint density at radius 1 is 1.44 bits per heavy atom. The van der Waals surface area contributed by atoms with E-state index in [0.717, 1.165) is 18.3 Å². The zero-order valence-electron chi connectivity index (χ0n) is 10.6. The third-order valence-electron chi connectivity index (χ3n) is 2.29. The van der Waals surface area contributed by atoms with Gasteiger partial charge in [0.2, 0.25) is 5.95 Å². The quantitative estimate of drug-likeness (QED) is 0.853. The van der Waals surface area contributed by atoms with Crippen molar-refractivity contribution in [3.05, 3.63) is 12.3 Å². The van der Waals surface area contributed by atoms with Crippen molar-refractivity contribution in [3.63, 3.8) is 0 Å². The third kappa shape index (κ3) is 3.89. The van der Waals surface area contributed by atoms with E-state index in [4.69, 9.17) is 0 Å². The van der Waals surface area contributed by atoms with Gasteiger partial charge in [0, 0.05) is 31.6 Å². The van der Waals surface area contributed by atoms with Crippen LogP contribution in [0.1, 0.15) is 13.8 Å². The number of anilines is 2. The van der Waals surface area contributed by atoms with Gasteiger partial charge >= 0.3 is 0 Å². The van der Waals surface area contributed by atoms with E-state index in [0.29, 0.717) is 0 Å². The van der Waals surface area contributed by atoms with Gasteiger partial charge in [-0.2, -0.15) is 16.7 Å². The summed E-state index contributed by atoms with van der Waals surface area (Å²) in [5, 5.41) is 3.33. The Morgan fingerprint density at radius 2 is 2.12 bits per heavy atom. The van der Waals surface area contributed by atoms with E-state index in [2.05, 4.69) is 35.4 Å². The van der Waals surface area contributed by atoms with E-state index in [-0.39, 0.29) is 4.75 Å². The van der Waals surface area contributed by atoms with Gasteiger partial charge in [-0.15, -0.1) is 0 Å². The summed E-state index contributed by atoms with van der Waals surface area (Å²) in [6.45, 7) is 5.30. The second-order valence-electron chi connectivity index (χ2n) is 4.45. The molecule has 0 aliphatic carbocycles. The van der Waals surface area contributed by atoms with Crippen LogP contribution in [0.3, 0.4) is 0 Å². The van der Waals surface area contributed by atoms with Crippen LogP contribution in [-0.2, 0) is 0 Å². The fraction of sp³-hybridized carbons (Fsp3) is 0.636. The Kier molecular flexibility index (Phi) is 4.41. The van der Waals surface area contributed by atoms with Gasteiger partial charge < -0.3 is 10.2 Å². The van der Waals surface area contributed by atoms with Gasteiger partial charge in [0.25, 0.3) is 0 Å². The van der Waals surface area contributed by atoms with Gasteiger partial charge in [0.1, 0.15) is 5.82 Å². The Hall–Kier alpha value is -0.970. The molecule has 0 aliphatic heterocycles. The highest BCUT2D eigenvalue weighted by Gasteiger charge is 2.15. The summed E-state index contributed by atoms with van der Waals surface area (Å²) in [4.78, 5) is 10.5. The average Bonchev–Trinajstić information content (AvgIpc) is 2.27. The standard InChI is InChI=1S/C11H20N4S/c1-11(2,16-5)8-13-9-6-7-12-10(14-9)15(3)4/h6-7H,8H2,1-5H3,(H,12,13,14). The maximum absolute atomic E-state index is 4.40. The molecule has 0 spiro atoms. The number of thioether (sulfide) groups is 1. The van der Waals surface area contributed by atoms with Crippen molar-refractivity contribution in [2.45, 2.75) is 18.6 Å². The molecule has 1 aromatic heterocycles. The van der Waals surface area contributed by atoms with Crippen LogP contribution in [0, 0.1) is 0 Å². The van der Waals surface area contributed by atoms with Crippen molar-refractivity contribution in [2.24, 2.45) is 0 Å². The van der Waals surface area contributed by atoms with E-state index in [9.17, 15) is 0 Å². The molecule has 5 heteroatoms. The molecule has 1 N–H and O–H groups in total. The number of rotatable bonds is 5. The molecule has 16 heavy (non-hydrogen) atoms. The van der Waals surface area contributed by atoms with Gasteiger partial charge in [-0.05, 0) is 26.2 Å². The minimum atomic E-state index is 0.212. The first-order chi connectivity index (χ1) is 7.44. The molecule has 1 aromatic rings. The summed E-state index contributed by atoms with van der Waals surface area (Å²) in [6, 6.07) is 1.89. The average molecular weight is 240 g/mol. The maximum Gasteiger partial charge on any atom is 0.226 e. The second kappa shape index (κ2) is 5.39. The van der Waals surface area contributed by atoms with Crippen LogP contribution in [-0.4, -0.2) is 41.6 Å². The summed E-state index contributed by atoms with van der Waals surface area (Å²) in [5.41, 5.74) is 0. The number of hydrogen-bond donors (Lipinski definition) is 1. The van der Waals surface area contributed by atoms with Crippen molar-refractivity contribution in [1.82, 2.24) is 9.97 Å². The lowest BCUT2D eigenvalue weighted by Crippen LogP contribution is -2.26. The number of nitrogens with one attached hydrogen (secondary N) is 1. The van der Waals surface area contributed by atoms with E-state index < -0.39 is 0 Å². The van der Waals surface area contributed by atoms with Gasteiger partial charge in [-0.1, -0.05) is 0 Å². The molecule has 1 heterocycles.